The fourth-order valence-corrected chi connectivity index (χ4v) is 3.36. The molecule has 2 aromatic carbocycles. The van der Waals surface area contributed by atoms with E-state index in [1.54, 1.807) is 29.7 Å². The van der Waals surface area contributed by atoms with Crippen molar-refractivity contribution >= 4 is 33.7 Å². The van der Waals surface area contributed by atoms with Gasteiger partial charge in [0.15, 0.2) is 5.43 Å². The van der Waals surface area contributed by atoms with Gasteiger partial charge in [-0.25, -0.2) is 9.37 Å². The lowest BCUT2D eigenvalue weighted by Gasteiger charge is -2.00. The Morgan fingerprint density at radius 3 is 2.74 bits per heavy atom. The fourth-order valence-electron chi connectivity index (χ4n) is 2.21. The summed E-state index contributed by atoms with van der Waals surface area (Å²) in [5, 5.41) is 2.00. The summed E-state index contributed by atoms with van der Waals surface area (Å²) >= 11 is 7.57. The monoisotopic (exact) mass is 348 g/mol. The van der Waals surface area contributed by atoms with E-state index in [0.29, 0.717) is 11.3 Å². The van der Waals surface area contributed by atoms with E-state index >= 15 is 0 Å². The first-order valence-corrected chi connectivity index (χ1v) is 8.51. The van der Waals surface area contributed by atoms with Gasteiger partial charge in [0, 0.05) is 22.7 Å². The molecule has 0 atom stereocenters. The Morgan fingerprint density at radius 2 is 2.13 bits per heavy atom. The van der Waals surface area contributed by atoms with Crippen LogP contribution in [0, 0.1) is 5.82 Å². The number of benzene rings is 1. The summed E-state index contributed by atoms with van der Waals surface area (Å²) in [6.07, 6.45) is 4.81. The molecule has 0 bridgehead atoms. The summed E-state index contributed by atoms with van der Waals surface area (Å²) in [6, 6.07) is 8.72. The van der Waals surface area contributed by atoms with Gasteiger partial charge in [0.25, 0.3) is 0 Å². The van der Waals surface area contributed by atoms with E-state index in [1.165, 1.54) is 15.9 Å². The maximum Gasteiger partial charge on any atom is 0.197 e. The summed E-state index contributed by atoms with van der Waals surface area (Å²) in [5.74, 6) is 0.959. The van der Waals surface area contributed by atoms with E-state index in [0.717, 1.165) is 12.2 Å². The first-order valence-electron chi connectivity index (χ1n) is 7.16. The van der Waals surface area contributed by atoms with Crippen molar-refractivity contribution in [3.63, 3.8) is 0 Å². The Kier molecular flexibility index (Phi) is 4.59. The molecule has 6 heteroatoms. The molecule has 0 amide bonds. The highest BCUT2D eigenvalue weighted by Gasteiger charge is 2.14. The van der Waals surface area contributed by atoms with Crippen molar-refractivity contribution in [1.29, 1.82) is 0 Å². The number of fused-ring (bicyclic) bond motifs is 1. The van der Waals surface area contributed by atoms with Crippen molar-refractivity contribution in [1.82, 2.24) is 9.55 Å². The van der Waals surface area contributed by atoms with Crippen molar-refractivity contribution in [2.24, 2.45) is 0 Å². The average molecular weight is 349 g/mol. The number of rotatable bonds is 3. The number of halogens is 2. The van der Waals surface area contributed by atoms with Crippen LogP contribution in [0.5, 0.6) is 0 Å². The van der Waals surface area contributed by atoms with Gasteiger partial charge in [0.2, 0.25) is 0 Å². The van der Waals surface area contributed by atoms with E-state index in [4.69, 9.17) is 11.6 Å². The third kappa shape index (κ3) is 3.21. The molecule has 0 fully saturated rings. The highest BCUT2D eigenvalue weighted by molar-refractivity contribution is 7.14. The minimum Gasteiger partial charge on any atom is -0.294 e. The van der Waals surface area contributed by atoms with Crippen LogP contribution in [0.2, 0.25) is 0 Å². The molecular weight excluding hydrogens is 335 g/mol. The zero-order valence-electron chi connectivity index (χ0n) is 12.4. The molecule has 0 aliphatic heterocycles. The van der Waals surface area contributed by atoms with Gasteiger partial charge in [-0.05, 0) is 24.6 Å². The number of aromatic nitrogens is 2. The number of hydrogen-bond acceptors (Lipinski definition) is 3. The van der Waals surface area contributed by atoms with Crippen LogP contribution in [0.25, 0.3) is 15.8 Å². The molecule has 2 aromatic heterocycles. The van der Waals surface area contributed by atoms with Crippen LogP contribution in [-0.2, 0) is 12.3 Å². The number of aryl methyl sites for hydroxylation is 1. The second-order valence-electron chi connectivity index (χ2n) is 4.93. The maximum atomic E-state index is 12.4. The predicted octanol–water partition coefficient (Wildman–Crippen LogP) is 4.45. The smallest absolute Gasteiger partial charge is 0.197 e. The van der Waals surface area contributed by atoms with Crippen LogP contribution in [0.15, 0.2) is 47.5 Å². The quantitative estimate of drug-likeness (QED) is 0.513. The molecule has 0 unspecified atom stereocenters. The Morgan fingerprint density at radius 1 is 1.30 bits per heavy atom. The van der Waals surface area contributed by atoms with E-state index < -0.39 is 5.82 Å². The normalized spacial score (nSPS) is 10.9. The first-order chi connectivity index (χ1) is 11.2. The summed E-state index contributed by atoms with van der Waals surface area (Å²) in [7, 11) is 0. The molecule has 0 radical (unpaired) electrons. The Hall–Kier alpha value is -1.98. The van der Waals surface area contributed by atoms with Gasteiger partial charge in [-0.3, -0.25) is 9.36 Å². The SMILES string of the molecule is CCc1ccc(-n2ccnc2CCl)s1.O=c1c2cccc(F)c12. The number of nitrogens with zero attached hydrogens (tertiary/aromatic N) is 2. The largest absolute Gasteiger partial charge is 0.294 e. The zero-order valence-corrected chi connectivity index (χ0v) is 14.0. The topological polar surface area (TPSA) is 34.9 Å². The van der Waals surface area contributed by atoms with Crippen molar-refractivity contribution in [2.45, 2.75) is 19.2 Å². The van der Waals surface area contributed by atoms with Gasteiger partial charge < -0.3 is 0 Å². The number of imidazole rings is 1. The molecule has 0 aliphatic rings. The van der Waals surface area contributed by atoms with Gasteiger partial charge in [0.1, 0.15) is 16.6 Å². The lowest BCUT2D eigenvalue weighted by molar-refractivity contribution is 0.641. The van der Waals surface area contributed by atoms with Gasteiger partial charge in [-0.2, -0.15) is 0 Å². The maximum absolute atomic E-state index is 12.4. The Bertz CT molecular complexity index is 949. The molecule has 0 aliphatic carbocycles. The molecule has 0 spiro atoms. The second kappa shape index (κ2) is 6.64. The van der Waals surface area contributed by atoms with Crippen molar-refractivity contribution in [3.8, 4) is 5.00 Å². The zero-order chi connectivity index (χ0) is 16.4. The molecular formula is C17H14ClFN2OS. The molecule has 0 N–H and O–H groups in total. The van der Waals surface area contributed by atoms with E-state index in [2.05, 4.69) is 24.0 Å². The van der Waals surface area contributed by atoms with Crippen molar-refractivity contribution in [3.05, 3.63) is 69.5 Å². The van der Waals surface area contributed by atoms with Crippen molar-refractivity contribution in [2.75, 3.05) is 0 Å². The molecule has 0 saturated carbocycles. The number of alkyl halides is 1. The fraction of sp³-hybridized carbons (Fsp3) is 0.176. The third-order valence-corrected chi connectivity index (χ3v) is 4.96. The van der Waals surface area contributed by atoms with Crippen LogP contribution in [0.4, 0.5) is 4.39 Å². The summed E-state index contributed by atoms with van der Waals surface area (Å²) in [5.41, 5.74) is -0.141. The van der Waals surface area contributed by atoms with Gasteiger partial charge in [-0.1, -0.05) is 19.1 Å². The summed E-state index contributed by atoms with van der Waals surface area (Å²) < 4.78 is 14.4. The van der Waals surface area contributed by atoms with Gasteiger partial charge in [0.05, 0.1) is 11.3 Å². The summed E-state index contributed by atoms with van der Waals surface area (Å²) in [4.78, 5) is 16.1. The lowest BCUT2D eigenvalue weighted by atomic mass is 10.4. The van der Waals surface area contributed by atoms with Crippen LogP contribution in [0.3, 0.4) is 0 Å². The first kappa shape index (κ1) is 15.9. The highest BCUT2D eigenvalue weighted by atomic mass is 35.5. The molecule has 4 rings (SSSR count). The molecule has 23 heavy (non-hydrogen) atoms. The minimum absolute atomic E-state index is 0.141. The summed E-state index contributed by atoms with van der Waals surface area (Å²) in [6.45, 7) is 2.16. The average Bonchev–Trinajstić information content (AvgIpc) is 2.99. The van der Waals surface area contributed by atoms with Crippen LogP contribution in [0.1, 0.15) is 17.6 Å². The number of hydrogen-bond donors (Lipinski definition) is 0. The van der Waals surface area contributed by atoms with Crippen molar-refractivity contribution < 1.29 is 4.39 Å². The third-order valence-electron chi connectivity index (χ3n) is 3.49. The predicted molar refractivity (Wildman–Crippen MR) is 92.9 cm³/mol. The Labute approximate surface area is 141 Å². The highest BCUT2D eigenvalue weighted by Crippen LogP contribution is 2.22. The second-order valence-corrected chi connectivity index (χ2v) is 6.35. The number of thiophene rings is 1. The Balaban J connectivity index is 0.000000149. The van der Waals surface area contributed by atoms with Crippen LogP contribution in [-0.4, -0.2) is 9.55 Å². The van der Waals surface area contributed by atoms with Crippen LogP contribution >= 0.6 is 22.9 Å². The molecule has 3 nitrogen and oxygen atoms in total. The van der Waals surface area contributed by atoms with Crippen LogP contribution < -0.4 is 5.43 Å². The van der Waals surface area contributed by atoms with Gasteiger partial charge >= 0.3 is 0 Å². The van der Waals surface area contributed by atoms with E-state index in [9.17, 15) is 9.18 Å². The standard InChI is InChI=1S/C10H11ClN2S.C7H3FO/c1-2-8-3-4-10(14-8)13-6-5-12-9(13)7-11;8-5-3-1-2-4-6(5)7(4)9/h3-6H,2,7H2,1H3;1-3H. The minimum atomic E-state index is -0.391. The molecule has 2 heterocycles. The molecule has 4 aromatic rings. The molecule has 0 saturated heterocycles. The van der Waals surface area contributed by atoms with E-state index in [1.807, 2.05) is 10.8 Å². The molecule has 118 valence electrons. The lowest BCUT2D eigenvalue weighted by Crippen LogP contribution is -1.94. The van der Waals surface area contributed by atoms with E-state index in [-0.39, 0.29) is 10.8 Å². The van der Waals surface area contributed by atoms with Gasteiger partial charge in [-0.15, -0.1) is 22.9 Å².